The molecule has 0 saturated heterocycles. The molecule has 3 aromatic rings. The molecule has 0 aliphatic heterocycles. The van der Waals surface area contributed by atoms with Gasteiger partial charge in [-0.25, -0.2) is 9.78 Å². The number of nitrogens with one attached hydrogen (secondary N) is 1. The van der Waals surface area contributed by atoms with Crippen LogP contribution in [0.1, 0.15) is 25.7 Å². The van der Waals surface area contributed by atoms with Crippen LogP contribution in [0.2, 0.25) is 0 Å². The average Bonchev–Trinajstić information content (AvgIpc) is 3.36. The fraction of sp³-hybridized carbons (Fsp3) is 0.190. The van der Waals surface area contributed by atoms with Crippen LogP contribution >= 0.6 is 22.7 Å². The van der Waals surface area contributed by atoms with Gasteiger partial charge >= 0.3 is 5.97 Å². The number of esters is 1. The van der Waals surface area contributed by atoms with Gasteiger partial charge in [0.15, 0.2) is 0 Å². The summed E-state index contributed by atoms with van der Waals surface area (Å²) in [6.45, 7) is 9.61. The number of anilines is 1. The predicted molar refractivity (Wildman–Crippen MR) is 119 cm³/mol. The predicted octanol–water partition coefficient (Wildman–Crippen LogP) is 4.57. The van der Waals surface area contributed by atoms with Gasteiger partial charge in [0, 0.05) is 30.4 Å². The number of ether oxygens (including phenoxy) is 1. The molecule has 29 heavy (non-hydrogen) atoms. The topological polar surface area (TPSA) is 71.5 Å². The van der Waals surface area contributed by atoms with Crippen molar-refractivity contribution in [3.63, 3.8) is 0 Å². The number of thiophene rings is 2. The number of nitrogens with zero attached hydrogens (tertiary/aromatic N) is 2. The minimum absolute atomic E-state index is 0.275. The highest BCUT2D eigenvalue weighted by atomic mass is 32.1. The molecule has 0 fully saturated rings. The van der Waals surface area contributed by atoms with Crippen molar-refractivity contribution >= 4 is 50.5 Å². The largest absolute Gasteiger partial charge is 0.465 e. The van der Waals surface area contributed by atoms with E-state index in [2.05, 4.69) is 23.4 Å². The zero-order valence-corrected chi connectivity index (χ0v) is 17.6. The number of rotatable bonds is 9. The summed E-state index contributed by atoms with van der Waals surface area (Å²) in [5.74, 6) is -0.779. The van der Waals surface area contributed by atoms with Gasteiger partial charge in [-0.05, 0) is 23.6 Å². The molecular formula is C21H21N3O3S2. The maximum absolute atomic E-state index is 12.5. The number of methoxy groups -OCH3 is 1. The van der Waals surface area contributed by atoms with E-state index in [0.717, 1.165) is 5.69 Å². The van der Waals surface area contributed by atoms with Crippen molar-refractivity contribution in [3.8, 4) is 0 Å². The zero-order valence-electron chi connectivity index (χ0n) is 16.0. The number of aromatic nitrogens is 1. The lowest BCUT2D eigenvalue weighted by Gasteiger charge is -2.18. The Bertz CT molecular complexity index is 1030. The van der Waals surface area contributed by atoms with Crippen molar-refractivity contribution < 1.29 is 14.3 Å². The number of carbonyl (C=O) groups is 2. The summed E-state index contributed by atoms with van der Waals surface area (Å²) in [6.07, 6.45) is 3.67. The summed E-state index contributed by atoms with van der Waals surface area (Å²) in [4.78, 5) is 32.7. The fourth-order valence-corrected chi connectivity index (χ4v) is 4.54. The summed E-state index contributed by atoms with van der Waals surface area (Å²) < 4.78 is 4.90. The average molecular weight is 428 g/mol. The Balaban J connectivity index is 1.96. The van der Waals surface area contributed by atoms with Gasteiger partial charge in [-0.1, -0.05) is 12.2 Å². The molecule has 3 rings (SSSR count). The van der Waals surface area contributed by atoms with Crippen molar-refractivity contribution in [2.24, 2.45) is 0 Å². The van der Waals surface area contributed by atoms with E-state index in [-0.39, 0.29) is 5.91 Å². The third-order valence-corrected chi connectivity index (χ3v) is 5.93. The van der Waals surface area contributed by atoms with Crippen molar-refractivity contribution in [1.82, 2.24) is 9.88 Å². The van der Waals surface area contributed by atoms with Crippen LogP contribution in [0.4, 0.5) is 5.69 Å². The SMILES string of the molecule is C=CCN(CC=C)Cc1ccc2c(NC(=O)c3ccsc3)c(C(=O)OC)sc2n1. The molecule has 0 aliphatic rings. The van der Waals surface area contributed by atoms with E-state index in [1.807, 2.05) is 29.7 Å². The molecule has 6 nitrogen and oxygen atoms in total. The second kappa shape index (κ2) is 9.60. The van der Waals surface area contributed by atoms with Crippen LogP contribution in [0.5, 0.6) is 0 Å². The summed E-state index contributed by atoms with van der Waals surface area (Å²) in [5.41, 5.74) is 1.83. The standard InChI is InChI=1S/C21H21N3O3S2/c1-4-9-24(10-5-2)12-15-6-7-16-17(23-19(25)14-8-11-28-13-14)18(21(26)27-3)29-20(16)22-15/h4-8,11,13H,1-2,9-10,12H2,3H3,(H,23,25). The van der Waals surface area contributed by atoms with E-state index in [9.17, 15) is 9.59 Å². The number of carbonyl (C=O) groups excluding carboxylic acids is 2. The molecule has 150 valence electrons. The third kappa shape index (κ3) is 4.79. The van der Waals surface area contributed by atoms with Crippen LogP contribution in [-0.4, -0.2) is 42.0 Å². The first-order chi connectivity index (χ1) is 14.1. The van der Waals surface area contributed by atoms with Crippen molar-refractivity contribution in [3.05, 3.63) is 70.4 Å². The molecule has 8 heteroatoms. The number of pyridine rings is 1. The van der Waals surface area contributed by atoms with Crippen LogP contribution in [0.15, 0.2) is 54.3 Å². The van der Waals surface area contributed by atoms with Gasteiger partial charge in [0.05, 0.1) is 24.1 Å². The third-order valence-electron chi connectivity index (χ3n) is 4.17. The van der Waals surface area contributed by atoms with Crippen LogP contribution in [-0.2, 0) is 11.3 Å². The number of hydrogen-bond donors (Lipinski definition) is 1. The highest BCUT2D eigenvalue weighted by Crippen LogP contribution is 2.36. The molecule has 0 radical (unpaired) electrons. The quantitative estimate of drug-likeness (QED) is 0.400. The maximum Gasteiger partial charge on any atom is 0.350 e. The fourth-order valence-electron chi connectivity index (χ4n) is 2.84. The Kier molecular flexibility index (Phi) is 6.92. The van der Waals surface area contributed by atoms with Gasteiger partial charge in [0.1, 0.15) is 9.71 Å². The summed E-state index contributed by atoms with van der Waals surface area (Å²) in [5, 5.41) is 7.15. The van der Waals surface area contributed by atoms with E-state index in [0.29, 0.717) is 46.0 Å². The van der Waals surface area contributed by atoms with Crippen LogP contribution in [0, 0.1) is 0 Å². The summed E-state index contributed by atoms with van der Waals surface area (Å²) in [6, 6.07) is 5.51. The summed E-state index contributed by atoms with van der Waals surface area (Å²) >= 11 is 2.64. The number of fused-ring (bicyclic) bond motifs is 1. The smallest absolute Gasteiger partial charge is 0.350 e. The lowest BCUT2D eigenvalue weighted by Crippen LogP contribution is -2.23. The molecule has 0 saturated carbocycles. The second-order valence-corrected chi connectivity index (χ2v) is 7.97. The van der Waals surface area contributed by atoms with E-state index in [4.69, 9.17) is 9.72 Å². The van der Waals surface area contributed by atoms with E-state index < -0.39 is 5.97 Å². The van der Waals surface area contributed by atoms with Gasteiger partial charge in [-0.3, -0.25) is 9.69 Å². The molecule has 0 atom stereocenters. The molecule has 0 spiro atoms. The minimum atomic E-state index is -0.505. The lowest BCUT2D eigenvalue weighted by molar-refractivity contribution is 0.0607. The van der Waals surface area contributed by atoms with E-state index >= 15 is 0 Å². The van der Waals surface area contributed by atoms with Crippen molar-refractivity contribution in [1.29, 1.82) is 0 Å². The molecule has 1 amide bonds. The molecule has 0 aromatic carbocycles. The van der Waals surface area contributed by atoms with Gasteiger partial charge in [-0.2, -0.15) is 11.3 Å². The van der Waals surface area contributed by atoms with E-state index in [1.165, 1.54) is 29.8 Å². The Morgan fingerprint density at radius 2 is 2.00 bits per heavy atom. The Hall–Kier alpha value is -2.81. The Labute approximate surface area is 177 Å². The van der Waals surface area contributed by atoms with Gasteiger partial charge in [0.2, 0.25) is 0 Å². The van der Waals surface area contributed by atoms with Crippen LogP contribution in [0.25, 0.3) is 10.2 Å². The van der Waals surface area contributed by atoms with Crippen LogP contribution in [0.3, 0.4) is 0 Å². The molecule has 0 bridgehead atoms. The highest BCUT2D eigenvalue weighted by molar-refractivity contribution is 7.21. The first-order valence-corrected chi connectivity index (χ1v) is 10.6. The lowest BCUT2D eigenvalue weighted by atomic mass is 10.2. The molecule has 1 N–H and O–H groups in total. The molecule has 0 unspecified atom stereocenters. The van der Waals surface area contributed by atoms with Gasteiger partial charge in [-0.15, -0.1) is 24.5 Å². The van der Waals surface area contributed by atoms with Crippen LogP contribution < -0.4 is 5.32 Å². The summed E-state index contributed by atoms with van der Waals surface area (Å²) in [7, 11) is 1.32. The first kappa shape index (κ1) is 20.9. The second-order valence-electron chi connectivity index (χ2n) is 6.19. The number of hydrogen-bond acceptors (Lipinski definition) is 7. The molecule has 3 heterocycles. The van der Waals surface area contributed by atoms with E-state index in [1.54, 1.807) is 11.4 Å². The molecular weight excluding hydrogens is 406 g/mol. The van der Waals surface area contributed by atoms with Gasteiger partial charge < -0.3 is 10.1 Å². The highest BCUT2D eigenvalue weighted by Gasteiger charge is 2.22. The zero-order chi connectivity index (χ0) is 20.8. The molecule has 0 aliphatic carbocycles. The molecule has 3 aromatic heterocycles. The van der Waals surface area contributed by atoms with Gasteiger partial charge in [0.25, 0.3) is 5.91 Å². The Morgan fingerprint density at radius 3 is 2.62 bits per heavy atom. The first-order valence-electron chi connectivity index (χ1n) is 8.85. The van der Waals surface area contributed by atoms with Crippen molar-refractivity contribution in [2.75, 3.05) is 25.5 Å². The monoisotopic (exact) mass is 427 g/mol. The normalized spacial score (nSPS) is 10.8. The maximum atomic E-state index is 12.5. The Morgan fingerprint density at radius 1 is 1.24 bits per heavy atom. The minimum Gasteiger partial charge on any atom is -0.465 e. The number of amides is 1. The van der Waals surface area contributed by atoms with Crippen molar-refractivity contribution in [2.45, 2.75) is 6.54 Å².